The van der Waals surface area contributed by atoms with Gasteiger partial charge in [0.25, 0.3) is 0 Å². The van der Waals surface area contributed by atoms with E-state index < -0.39 is 0 Å². The van der Waals surface area contributed by atoms with Crippen molar-refractivity contribution in [1.29, 1.82) is 0 Å². The van der Waals surface area contributed by atoms with Gasteiger partial charge in [-0.05, 0) is 42.1 Å². The first-order chi connectivity index (χ1) is 9.81. The van der Waals surface area contributed by atoms with Gasteiger partial charge in [-0.2, -0.15) is 0 Å². The second-order valence-corrected chi connectivity index (χ2v) is 5.15. The highest BCUT2D eigenvalue weighted by atomic mass is 16.5. The molecule has 0 radical (unpaired) electrons. The number of fused-ring (bicyclic) bond motifs is 1. The van der Waals surface area contributed by atoms with Crippen LogP contribution in [0.4, 0.5) is 0 Å². The fourth-order valence-electron chi connectivity index (χ4n) is 2.93. The molecule has 1 unspecified atom stereocenters. The number of aryl methyl sites for hydroxylation is 1. The van der Waals surface area contributed by atoms with Crippen molar-refractivity contribution < 1.29 is 4.74 Å². The average molecular weight is 268 g/mol. The number of nitrogens with one attached hydrogen (secondary N) is 1. The number of nitrogens with zero attached hydrogens (tertiary/aromatic N) is 1. The van der Waals surface area contributed by atoms with Crippen molar-refractivity contribution in [2.24, 2.45) is 0 Å². The number of methoxy groups -OCH3 is 1. The van der Waals surface area contributed by atoms with Crippen LogP contribution in [0.5, 0.6) is 5.88 Å². The number of pyridine rings is 1. The highest BCUT2D eigenvalue weighted by Gasteiger charge is 2.21. The van der Waals surface area contributed by atoms with E-state index in [0.717, 1.165) is 18.5 Å². The Labute approximate surface area is 120 Å². The van der Waals surface area contributed by atoms with Crippen molar-refractivity contribution in [3.05, 3.63) is 47.7 Å². The number of hydrogen-bond donors (Lipinski definition) is 1. The molecule has 0 bridgehead atoms. The molecule has 1 aliphatic rings. The van der Waals surface area contributed by atoms with E-state index in [1.807, 2.05) is 12.3 Å². The highest BCUT2D eigenvalue weighted by molar-refractivity contribution is 5.65. The van der Waals surface area contributed by atoms with E-state index in [1.54, 1.807) is 7.11 Å². The fourth-order valence-corrected chi connectivity index (χ4v) is 2.93. The first-order valence-electron chi connectivity index (χ1n) is 7.18. The maximum Gasteiger partial charge on any atom is 0.212 e. The largest absolute Gasteiger partial charge is 0.481 e. The van der Waals surface area contributed by atoms with Gasteiger partial charge in [-0.15, -0.1) is 0 Å². The van der Waals surface area contributed by atoms with Gasteiger partial charge in [-0.25, -0.2) is 4.98 Å². The van der Waals surface area contributed by atoms with Gasteiger partial charge in [-0.1, -0.05) is 25.1 Å². The second kappa shape index (κ2) is 5.63. The predicted molar refractivity (Wildman–Crippen MR) is 81.0 cm³/mol. The van der Waals surface area contributed by atoms with Gasteiger partial charge < -0.3 is 10.1 Å². The molecule has 3 nitrogen and oxygen atoms in total. The zero-order valence-electron chi connectivity index (χ0n) is 12.0. The Kier molecular flexibility index (Phi) is 3.70. The molecule has 1 aromatic heterocycles. The molecule has 0 amide bonds. The third kappa shape index (κ3) is 2.41. The maximum atomic E-state index is 5.10. The molecule has 0 saturated heterocycles. The van der Waals surface area contributed by atoms with E-state index in [0.29, 0.717) is 11.9 Å². The lowest BCUT2D eigenvalue weighted by molar-refractivity contribution is 0.398. The smallest absolute Gasteiger partial charge is 0.212 e. The van der Waals surface area contributed by atoms with Crippen molar-refractivity contribution in [1.82, 2.24) is 10.3 Å². The van der Waals surface area contributed by atoms with Gasteiger partial charge in [0.1, 0.15) is 0 Å². The van der Waals surface area contributed by atoms with Crippen molar-refractivity contribution in [3.8, 4) is 17.0 Å². The van der Waals surface area contributed by atoms with Gasteiger partial charge in [0.15, 0.2) is 0 Å². The van der Waals surface area contributed by atoms with Gasteiger partial charge in [0, 0.05) is 23.9 Å². The standard InChI is InChI=1S/C17H20N2O/c1-3-18-16-8-5-13-10-12(4-7-15(13)16)14-6-9-17(20-2)19-11-14/h4,6-7,9-11,16,18H,3,5,8H2,1-2H3. The number of benzene rings is 1. The van der Waals surface area contributed by atoms with E-state index in [2.05, 4.69) is 41.5 Å². The number of hydrogen-bond acceptors (Lipinski definition) is 3. The minimum atomic E-state index is 0.526. The first kappa shape index (κ1) is 13.1. The summed E-state index contributed by atoms with van der Waals surface area (Å²) in [5.74, 6) is 0.655. The topological polar surface area (TPSA) is 34.1 Å². The minimum Gasteiger partial charge on any atom is -0.481 e. The zero-order chi connectivity index (χ0) is 13.9. The summed E-state index contributed by atoms with van der Waals surface area (Å²) < 4.78 is 5.10. The van der Waals surface area contributed by atoms with Gasteiger partial charge in [0.05, 0.1) is 7.11 Å². The van der Waals surface area contributed by atoms with Crippen LogP contribution in [0, 0.1) is 0 Å². The molecule has 2 aromatic rings. The van der Waals surface area contributed by atoms with Crippen LogP contribution in [-0.4, -0.2) is 18.6 Å². The third-order valence-electron chi connectivity index (χ3n) is 3.95. The Hall–Kier alpha value is -1.87. The van der Waals surface area contributed by atoms with Crippen molar-refractivity contribution in [3.63, 3.8) is 0 Å². The van der Waals surface area contributed by atoms with E-state index in [-0.39, 0.29) is 0 Å². The van der Waals surface area contributed by atoms with Crippen molar-refractivity contribution >= 4 is 0 Å². The molecule has 0 spiro atoms. The van der Waals surface area contributed by atoms with Crippen LogP contribution in [0.25, 0.3) is 11.1 Å². The normalized spacial score (nSPS) is 17.0. The van der Waals surface area contributed by atoms with Crippen molar-refractivity contribution in [2.45, 2.75) is 25.8 Å². The highest BCUT2D eigenvalue weighted by Crippen LogP contribution is 2.34. The predicted octanol–water partition coefficient (Wildman–Crippen LogP) is 3.35. The quantitative estimate of drug-likeness (QED) is 0.923. The van der Waals surface area contributed by atoms with Gasteiger partial charge in [0.2, 0.25) is 5.88 Å². The molecule has 0 fully saturated rings. The van der Waals surface area contributed by atoms with Crippen molar-refractivity contribution in [2.75, 3.05) is 13.7 Å². The molecule has 1 N–H and O–H groups in total. The Morgan fingerprint density at radius 3 is 2.80 bits per heavy atom. The van der Waals surface area contributed by atoms with Crippen LogP contribution < -0.4 is 10.1 Å². The van der Waals surface area contributed by atoms with Crippen LogP contribution in [0.3, 0.4) is 0 Å². The second-order valence-electron chi connectivity index (χ2n) is 5.15. The molecule has 1 aromatic carbocycles. The molecular weight excluding hydrogens is 248 g/mol. The van der Waals surface area contributed by atoms with E-state index in [4.69, 9.17) is 4.74 Å². The monoisotopic (exact) mass is 268 g/mol. The molecule has 20 heavy (non-hydrogen) atoms. The summed E-state index contributed by atoms with van der Waals surface area (Å²) >= 11 is 0. The lowest BCUT2D eigenvalue weighted by atomic mass is 10.0. The molecule has 104 valence electrons. The number of ether oxygens (including phenoxy) is 1. The van der Waals surface area contributed by atoms with Crippen LogP contribution >= 0.6 is 0 Å². The number of rotatable bonds is 4. The summed E-state index contributed by atoms with van der Waals surface area (Å²) in [7, 11) is 1.64. The van der Waals surface area contributed by atoms with E-state index in [9.17, 15) is 0 Å². The Morgan fingerprint density at radius 2 is 2.10 bits per heavy atom. The fraction of sp³-hybridized carbons (Fsp3) is 0.353. The average Bonchev–Trinajstić information content (AvgIpc) is 2.90. The molecule has 1 heterocycles. The van der Waals surface area contributed by atoms with Crippen LogP contribution in [-0.2, 0) is 6.42 Å². The van der Waals surface area contributed by atoms with Crippen LogP contribution in [0.1, 0.15) is 30.5 Å². The molecule has 0 aliphatic heterocycles. The number of aromatic nitrogens is 1. The van der Waals surface area contributed by atoms with Crippen LogP contribution in [0.2, 0.25) is 0 Å². The van der Waals surface area contributed by atoms with Gasteiger partial charge in [-0.3, -0.25) is 0 Å². The molecule has 3 rings (SSSR count). The summed E-state index contributed by atoms with van der Waals surface area (Å²) in [6.45, 7) is 3.18. The summed E-state index contributed by atoms with van der Waals surface area (Å²) in [5.41, 5.74) is 5.29. The lowest BCUT2D eigenvalue weighted by Crippen LogP contribution is -2.18. The third-order valence-corrected chi connectivity index (χ3v) is 3.95. The molecule has 3 heteroatoms. The van der Waals surface area contributed by atoms with Crippen LogP contribution in [0.15, 0.2) is 36.5 Å². The molecule has 0 saturated carbocycles. The molecule has 1 atom stereocenters. The SMILES string of the molecule is CCNC1CCc2cc(-c3ccc(OC)nc3)ccc21. The summed E-state index contributed by atoms with van der Waals surface area (Å²) in [5, 5.41) is 3.55. The maximum absolute atomic E-state index is 5.10. The summed E-state index contributed by atoms with van der Waals surface area (Å²) in [6, 6.07) is 11.2. The first-order valence-corrected chi connectivity index (χ1v) is 7.18. The lowest BCUT2D eigenvalue weighted by Gasteiger charge is -2.12. The van der Waals surface area contributed by atoms with Gasteiger partial charge >= 0.3 is 0 Å². The summed E-state index contributed by atoms with van der Waals surface area (Å²) in [4.78, 5) is 4.28. The zero-order valence-corrected chi connectivity index (χ0v) is 12.0. The molecular formula is C17H20N2O. The Balaban J connectivity index is 1.89. The minimum absolute atomic E-state index is 0.526. The van der Waals surface area contributed by atoms with E-state index >= 15 is 0 Å². The Morgan fingerprint density at radius 1 is 1.25 bits per heavy atom. The summed E-state index contributed by atoms with van der Waals surface area (Å²) in [6.07, 6.45) is 4.23. The van der Waals surface area contributed by atoms with E-state index in [1.165, 1.54) is 23.1 Å². The Bertz CT molecular complexity index is 592. The molecule has 1 aliphatic carbocycles.